The summed E-state index contributed by atoms with van der Waals surface area (Å²) in [5.41, 5.74) is 0. The highest BCUT2D eigenvalue weighted by molar-refractivity contribution is 5.85. The van der Waals surface area contributed by atoms with E-state index in [0.29, 0.717) is 6.04 Å². The molecule has 0 bridgehead atoms. The van der Waals surface area contributed by atoms with E-state index in [0.717, 1.165) is 19.6 Å². The highest BCUT2D eigenvalue weighted by atomic mass is 35.5. The monoisotopic (exact) mass is 236 g/mol. The fourth-order valence-corrected chi connectivity index (χ4v) is 1.49. The second-order valence-corrected chi connectivity index (χ2v) is 4.05. The van der Waals surface area contributed by atoms with E-state index in [1.807, 2.05) is 18.7 Å². The van der Waals surface area contributed by atoms with Crippen molar-refractivity contribution in [3.8, 4) is 0 Å². The molecular weight excluding hydrogens is 216 g/mol. The van der Waals surface area contributed by atoms with Crippen molar-refractivity contribution in [3.63, 3.8) is 0 Å². The van der Waals surface area contributed by atoms with Crippen molar-refractivity contribution < 1.29 is 9.53 Å². The lowest BCUT2D eigenvalue weighted by atomic mass is 10.2. The predicted octanol–water partition coefficient (Wildman–Crippen LogP) is 0.654. The second kappa shape index (κ2) is 7.04. The van der Waals surface area contributed by atoms with Crippen molar-refractivity contribution in [2.24, 2.45) is 0 Å². The zero-order valence-corrected chi connectivity index (χ0v) is 10.5. The fourth-order valence-electron chi connectivity index (χ4n) is 1.49. The summed E-state index contributed by atoms with van der Waals surface area (Å²) in [6.07, 6.45) is 0.124. The number of rotatable bonds is 3. The standard InChI is InChI=1S/C10H20N2O2.ClH/c1-8(2)14-7-10(13)12-5-4-11-9(3)6-12;/h8-9,11H,4-7H2,1-3H3;1H/t9-;/m0./s1. The third kappa shape index (κ3) is 5.35. The average molecular weight is 237 g/mol. The lowest BCUT2D eigenvalue weighted by Gasteiger charge is -2.32. The van der Waals surface area contributed by atoms with E-state index < -0.39 is 0 Å². The molecule has 1 aliphatic rings. The Morgan fingerprint density at radius 2 is 2.27 bits per heavy atom. The average Bonchev–Trinajstić information content (AvgIpc) is 2.14. The zero-order valence-electron chi connectivity index (χ0n) is 9.66. The number of nitrogens with zero attached hydrogens (tertiary/aromatic N) is 1. The number of nitrogens with one attached hydrogen (secondary N) is 1. The Balaban J connectivity index is 0.00000196. The van der Waals surface area contributed by atoms with Gasteiger partial charge in [0.25, 0.3) is 0 Å². The van der Waals surface area contributed by atoms with Crippen molar-refractivity contribution in [3.05, 3.63) is 0 Å². The van der Waals surface area contributed by atoms with E-state index in [-0.39, 0.29) is 31.0 Å². The normalized spacial score (nSPS) is 21.3. The summed E-state index contributed by atoms with van der Waals surface area (Å²) >= 11 is 0. The molecule has 1 N–H and O–H groups in total. The summed E-state index contributed by atoms with van der Waals surface area (Å²) in [6, 6.07) is 0.395. The number of ether oxygens (including phenoxy) is 1. The summed E-state index contributed by atoms with van der Waals surface area (Å²) in [5.74, 6) is 0.104. The van der Waals surface area contributed by atoms with Crippen LogP contribution in [0.25, 0.3) is 0 Å². The quantitative estimate of drug-likeness (QED) is 0.783. The van der Waals surface area contributed by atoms with Gasteiger partial charge in [-0.05, 0) is 20.8 Å². The van der Waals surface area contributed by atoms with Crippen LogP contribution in [0.5, 0.6) is 0 Å². The Bertz CT molecular complexity index is 200. The SMILES string of the molecule is CC(C)OCC(=O)N1CCN[C@@H](C)C1.Cl. The molecule has 0 spiro atoms. The number of hydrogen-bond donors (Lipinski definition) is 1. The van der Waals surface area contributed by atoms with Crippen molar-refractivity contribution in [2.75, 3.05) is 26.2 Å². The van der Waals surface area contributed by atoms with E-state index in [1.54, 1.807) is 0 Å². The molecule has 1 fully saturated rings. The van der Waals surface area contributed by atoms with Gasteiger partial charge in [-0.3, -0.25) is 4.79 Å². The Kier molecular flexibility index (Phi) is 6.89. The second-order valence-electron chi connectivity index (χ2n) is 4.05. The van der Waals surface area contributed by atoms with E-state index >= 15 is 0 Å². The van der Waals surface area contributed by atoms with Gasteiger partial charge < -0.3 is 15.0 Å². The molecule has 1 rings (SSSR count). The molecule has 90 valence electrons. The maximum absolute atomic E-state index is 11.6. The van der Waals surface area contributed by atoms with Crippen LogP contribution in [0.2, 0.25) is 0 Å². The van der Waals surface area contributed by atoms with Crippen LogP contribution >= 0.6 is 12.4 Å². The molecule has 1 atom stereocenters. The molecule has 0 aromatic rings. The number of carbonyl (C=O) groups excluding carboxylic acids is 1. The zero-order chi connectivity index (χ0) is 10.6. The first-order valence-electron chi connectivity index (χ1n) is 5.22. The van der Waals surface area contributed by atoms with Gasteiger partial charge in [-0.1, -0.05) is 0 Å². The van der Waals surface area contributed by atoms with Crippen molar-refractivity contribution in [1.82, 2.24) is 10.2 Å². The molecule has 1 heterocycles. The van der Waals surface area contributed by atoms with Gasteiger partial charge in [0.15, 0.2) is 0 Å². The summed E-state index contributed by atoms with van der Waals surface area (Å²) in [7, 11) is 0. The smallest absolute Gasteiger partial charge is 0.248 e. The minimum atomic E-state index is 0. The molecule has 1 aliphatic heterocycles. The third-order valence-corrected chi connectivity index (χ3v) is 2.26. The van der Waals surface area contributed by atoms with Crippen LogP contribution in [-0.2, 0) is 9.53 Å². The van der Waals surface area contributed by atoms with Gasteiger partial charge in [0.05, 0.1) is 6.10 Å². The van der Waals surface area contributed by atoms with Crippen LogP contribution in [0.1, 0.15) is 20.8 Å². The Labute approximate surface area is 97.8 Å². The van der Waals surface area contributed by atoms with Gasteiger partial charge in [-0.25, -0.2) is 0 Å². The molecule has 15 heavy (non-hydrogen) atoms. The first-order valence-corrected chi connectivity index (χ1v) is 5.22. The Hall–Kier alpha value is -0.320. The minimum absolute atomic E-state index is 0. The summed E-state index contributed by atoms with van der Waals surface area (Å²) < 4.78 is 5.28. The van der Waals surface area contributed by atoms with Crippen LogP contribution in [0.15, 0.2) is 0 Å². The highest BCUT2D eigenvalue weighted by Crippen LogP contribution is 2.00. The van der Waals surface area contributed by atoms with E-state index in [1.165, 1.54) is 0 Å². The number of halogens is 1. The Morgan fingerprint density at radius 3 is 2.80 bits per heavy atom. The fraction of sp³-hybridized carbons (Fsp3) is 0.900. The summed E-state index contributed by atoms with van der Waals surface area (Å²) in [6.45, 7) is 8.65. The first kappa shape index (κ1) is 14.7. The van der Waals surface area contributed by atoms with Gasteiger partial charge in [0.1, 0.15) is 6.61 Å². The summed E-state index contributed by atoms with van der Waals surface area (Å²) in [5, 5.41) is 3.30. The van der Waals surface area contributed by atoms with Crippen molar-refractivity contribution in [1.29, 1.82) is 0 Å². The van der Waals surface area contributed by atoms with E-state index in [4.69, 9.17) is 4.74 Å². The van der Waals surface area contributed by atoms with Crippen LogP contribution in [0.3, 0.4) is 0 Å². The van der Waals surface area contributed by atoms with Gasteiger partial charge >= 0.3 is 0 Å². The molecule has 4 nitrogen and oxygen atoms in total. The van der Waals surface area contributed by atoms with Gasteiger partial charge in [0, 0.05) is 25.7 Å². The van der Waals surface area contributed by atoms with Crippen LogP contribution in [0, 0.1) is 0 Å². The molecule has 0 aromatic heterocycles. The highest BCUT2D eigenvalue weighted by Gasteiger charge is 2.20. The van der Waals surface area contributed by atoms with Crippen molar-refractivity contribution >= 4 is 18.3 Å². The van der Waals surface area contributed by atoms with Crippen LogP contribution < -0.4 is 5.32 Å². The van der Waals surface area contributed by atoms with Gasteiger partial charge in [0.2, 0.25) is 5.91 Å². The maximum atomic E-state index is 11.6. The van der Waals surface area contributed by atoms with Crippen LogP contribution in [-0.4, -0.2) is 49.2 Å². The largest absolute Gasteiger partial charge is 0.369 e. The molecule has 1 amide bonds. The topological polar surface area (TPSA) is 41.6 Å². The molecule has 0 aromatic carbocycles. The number of piperazine rings is 1. The lowest BCUT2D eigenvalue weighted by Crippen LogP contribution is -2.52. The van der Waals surface area contributed by atoms with Gasteiger partial charge in [-0.15, -0.1) is 12.4 Å². The van der Waals surface area contributed by atoms with E-state index in [2.05, 4.69) is 12.2 Å². The van der Waals surface area contributed by atoms with E-state index in [9.17, 15) is 4.79 Å². The van der Waals surface area contributed by atoms with Gasteiger partial charge in [-0.2, -0.15) is 0 Å². The van der Waals surface area contributed by atoms with Crippen LogP contribution in [0.4, 0.5) is 0 Å². The molecule has 0 aliphatic carbocycles. The van der Waals surface area contributed by atoms with Crippen molar-refractivity contribution in [2.45, 2.75) is 32.9 Å². The maximum Gasteiger partial charge on any atom is 0.248 e. The first-order chi connectivity index (χ1) is 6.59. The predicted molar refractivity (Wildman–Crippen MR) is 62.4 cm³/mol. The molecule has 1 saturated heterocycles. The summed E-state index contributed by atoms with van der Waals surface area (Å²) in [4.78, 5) is 13.5. The molecule has 0 radical (unpaired) electrons. The number of amides is 1. The number of hydrogen-bond acceptors (Lipinski definition) is 3. The molecular formula is C10H21ClN2O2. The molecule has 0 unspecified atom stereocenters. The molecule has 5 heteroatoms. The Morgan fingerprint density at radius 1 is 1.60 bits per heavy atom. The lowest BCUT2D eigenvalue weighted by molar-refractivity contribution is -0.138. The molecule has 0 saturated carbocycles. The minimum Gasteiger partial charge on any atom is -0.369 e. The third-order valence-electron chi connectivity index (χ3n) is 2.26. The number of carbonyl (C=O) groups is 1.